The smallest absolute Gasteiger partial charge is 0.316 e. The van der Waals surface area contributed by atoms with E-state index in [0.29, 0.717) is 11.3 Å². The van der Waals surface area contributed by atoms with Gasteiger partial charge in [-0.2, -0.15) is 0 Å². The highest BCUT2D eigenvalue weighted by molar-refractivity contribution is 5.96. The molecule has 0 radical (unpaired) electrons. The maximum atomic E-state index is 12.9. The molecule has 2 saturated carbocycles. The number of nitrogens with one attached hydrogen (secondary N) is 1. The van der Waals surface area contributed by atoms with E-state index in [2.05, 4.69) is 5.32 Å². The van der Waals surface area contributed by atoms with E-state index >= 15 is 0 Å². The molecule has 24 heavy (non-hydrogen) atoms. The zero-order chi connectivity index (χ0) is 17.3. The molecule has 130 valence electrons. The third-order valence-corrected chi connectivity index (χ3v) is 5.56. The van der Waals surface area contributed by atoms with Gasteiger partial charge in [0.05, 0.1) is 6.10 Å². The molecule has 0 bridgehead atoms. The highest BCUT2D eigenvalue weighted by atomic mass is 16.5. The van der Waals surface area contributed by atoms with Crippen molar-refractivity contribution < 1.29 is 14.3 Å². The first-order valence-corrected chi connectivity index (χ1v) is 8.53. The number of carbonyl (C=O) groups excluding carboxylic acids is 2. The van der Waals surface area contributed by atoms with Crippen LogP contribution >= 0.6 is 0 Å². The summed E-state index contributed by atoms with van der Waals surface area (Å²) in [4.78, 5) is 25.7. The van der Waals surface area contributed by atoms with Crippen LogP contribution < -0.4 is 11.1 Å². The third kappa shape index (κ3) is 2.75. The van der Waals surface area contributed by atoms with Crippen LogP contribution in [0.3, 0.4) is 0 Å². The van der Waals surface area contributed by atoms with Crippen molar-refractivity contribution in [3.63, 3.8) is 0 Å². The predicted octanol–water partition coefficient (Wildman–Crippen LogP) is 2.60. The number of benzene rings is 1. The Morgan fingerprint density at radius 3 is 2.75 bits per heavy atom. The minimum atomic E-state index is -0.639. The number of anilines is 1. The number of hydrogen-bond donors (Lipinski definition) is 2. The third-order valence-electron chi connectivity index (χ3n) is 5.56. The lowest BCUT2D eigenvalue weighted by atomic mass is 9.50. The van der Waals surface area contributed by atoms with Crippen molar-refractivity contribution in [2.24, 2.45) is 11.1 Å². The molecule has 0 heterocycles. The topological polar surface area (TPSA) is 84.7 Å². The number of rotatable bonds is 5. The van der Waals surface area contributed by atoms with Crippen LogP contribution in [0, 0.1) is 5.41 Å². The van der Waals surface area contributed by atoms with Crippen LogP contribution in [0.4, 0.5) is 10.5 Å². The maximum Gasteiger partial charge on any atom is 0.316 e. The summed E-state index contributed by atoms with van der Waals surface area (Å²) in [5.74, 6) is -0.0330. The number of ether oxygens (including phenoxy) is 1. The summed E-state index contributed by atoms with van der Waals surface area (Å²) >= 11 is 0. The number of nitrogens with zero attached hydrogens (tertiary/aromatic N) is 1. The van der Waals surface area contributed by atoms with Crippen molar-refractivity contribution in [1.82, 2.24) is 4.90 Å². The molecule has 2 aliphatic rings. The van der Waals surface area contributed by atoms with Crippen LogP contribution in [0.5, 0.6) is 0 Å². The second kappa shape index (κ2) is 6.43. The van der Waals surface area contributed by atoms with Crippen LogP contribution in [0.1, 0.15) is 43.0 Å². The van der Waals surface area contributed by atoms with E-state index in [9.17, 15) is 9.59 Å². The molecule has 1 aromatic carbocycles. The molecule has 1 spiro atoms. The Kier molecular flexibility index (Phi) is 4.49. The van der Waals surface area contributed by atoms with Gasteiger partial charge in [-0.15, -0.1) is 0 Å². The van der Waals surface area contributed by atoms with Crippen molar-refractivity contribution in [3.05, 3.63) is 29.8 Å². The molecule has 0 unspecified atom stereocenters. The fraction of sp³-hybridized carbons (Fsp3) is 0.556. The maximum absolute atomic E-state index is 12.9. The molecule has 0 aliphatic heterocycles. The fourth-order valence-electron chi connectivity index (χ4n) is 4.16. The zero-order valence-electron chi connectivity index (χ0n) is 14.2. The van der Waals surface area contributed by atoms with Crippen LogP contribution in [-0.2, 0) is 4.74 Å². The summed E-state index contributed by atoms with van der Waals surface area (Å²) in [5.41, 5.74) is 6.36. The second-order valence-corrected chi connectivity index (χ2v) is 6.77. The van der Waals surface area contributed by atoms with Gasteiger partial charge in [0.1, 0.15) is 0 Å². The van der Waals surface area contributed by atoms with E-state index in [-0.39, 0.29) is 23.5 Å². The van der Waals surface area contributed by atoms with Crippen molar-refractivity contribution in [3.8, 4) is 0 Å². The normalized spacial score (nSPS) is 23.9. The van der Waals surface area contributed by atoms with Crippen molar-refractivity contribution >= 4 is 17.6 Å². The minimum Gasteiger partial charge on any atom is -0.378 e. The van der Waals surface area contributed by atoms with E-state index in [0.717, 1.165) is 25.9 Å². The number of urea groups is 1. The number of amides is 3. The number of carbonyl (C=O) groups is 2. The van der Waals surface area contributed by atoms with Crippen molar-refractivity contribution in [1.29, 1.82) is 0 Å². The summed E-state index contributed by atoms with van der Waals surface area (Å²) in [7, 11) is 1.86. The number of nitrogens with two attached hydrogens (primary N) is 1. The Morgan fingerprint density at radius 1 is 1.42 bits per heavy atom. The van der Waals surface area contributed by atoms with E-state index < -0.39 is 6.03 Å². The van der Waals surface area contributed by atoms with Gasteiger partial charge in [0.2, 0.25) is 0 Å². The molecule has 6 nitrogen and oxygen atoms in total. The van der Waals surface area contributed by atoms with Crippen LogP contribution in [0.15, 0.2) is 24.3 Å². The van der Waals surface area contributed by atoms with Gasteiger partial charge < -0.3 is 20.7 Å². The van der Waals surface area contributed by atoms with Gasteiger partial charge in [-0.3, -0.25) is 4.79 Å². The summed E-state index contributed by atoms with van der Waals surface area (Å²) in [5, 5.41) is 2.51. The van der Waals surface area contributed by atoms with Crippen LogP contribution in [-0.4, -0.2) is 42.6 Å². The van der Waals surface area contributed by atoms with Gasteiger partial charge in [-0.1, -0.05) is 12.5 Å². The number of hydrogen-bond acceptors (Lipinski definition) is 3. The fourth-order valence-corrected chi connectivity index (χ4v) is 4.16. The summed E-state index contributed by atoms with van der Waals surface area (Å²) in [6.07, 6.45) is 4.64. The molecule has 3 N–H and O–H groups in total. The first-order valence-electron chi connectivity index (χ1n) is 8.53. The molecular formula is C18H25N3O3. The Morgan fingerprint density at radius 2 is 2.17 bits per heavy atom. The minimum absolute atomic E-state index is 0.0330. The Bertz CT molecular complexity index is 642. The molecule has 1 aromatic rings. The molecule has 2 aliphatic carbocycles. The average molecular weight is 331 g/mol. The largest absolute Gasteiger partial charge is 0.378 e. The first-order chi connectivity index (χ1) is 11.5. The lowest BCUT2D eigenvalue weighted by Gasteiger charge is -2.63. The Balaban J connectivity index is 1.72. The van der Waals surface area contributed by atoms with Crippen molar-refractivity contribution in [2.45, 2.75) is 44.8 Å². The lowest BCUT2D eigenvalue weighted by molar-refractivity contribution is -0.192. The Hall–Kier alpha value is -2.08. The summed E-state index contributed by atoms with van der Waals surface area (Å²) in [6, 6.07) is 6.47. The van der Waals surface area contributed by atoms with E-state index in [1.54, 1.807) is 24.3 Å². The van der Waals surface area contributed by atoms with Gasteiger partial charge >= 0.3 is 6.03 Å². The van der Waals surface area contributed by atoms with E-state index in [1.807, 2.05) is 18.9 Å². The van der Waals surface area contributed by atoms with Gasteiger partial charge in [0.15, 0.2) is 0 Å². The second-order valence-electron chi connectivity index (χ2n) is 6.77. The molecule has 0 saturated heterocycles. The number of primary amides is 1. The van der Waals surface area contributed by atoms with Crippen LogP contribution in [0.25, 0.3) is 0 Å². The van der Waals surface area contributed by atoms with Gasteiger partial charge in [-0.05, 0) is 44.4 Å². The Labute approximate surface area is 142 Å². The highest BCUT2D eigenvalue weighted by Gasteiger charge is 2.60. The summed E-state index contributed by atoms with van der Waals surface area (Å²) in [6.45, 7) is 2.74. The molecular weight excluding hydrogens is 306 g/mol. The van der Waals surface area contributed by atoms with E-state index in [4.69, 9.17) is 10.5 Å². The monoisotopic (exact) mass is 331 g/mol. The van der Waals surface area contributed by atoms with Gasteiger partial charge in [0.25, 0.3) is 5.91 Å². The zero-order valence-corrected chi connectivity index (χ0v) is 14.2. The highest BCUT2D eigenvalue weighted by Crippen LogP contribution is 2.59. The van der Waals surface area contributed by atoms with Gasteiger partial charge in [0, 0.05) is 36.4 Å². The molecule has 6 heteroatoms. The molecule has 3 amide bonds. The molecule has 2 atom stereocenters. The van der Waals surface area contributed by atoms with Crippen LogP contribution in [0.2, 0.25) is 0 Å². The lowest BCUT2D eigenvalue weighted by Crippen LogP contribution is -2.67. The van der Waals surface area contributed by atoms with Gasteiger partial charge in [-0.25, -0.2) is 4.79 Å². The standard InChI is InChI=1S/C18H25N3O3/c1-3-24-15-11-14(18(15)8-5-9-18)21(2)16(22)12-6-4-7-13(10-12)20-17(19)23/h4,6-7,10,14-15H,3,5,8-9,11H2,1-2H3,(H3,19,20,23)/t14-,15-/m0/s1. The first kappa shape index (κ1) is 16.8. The molecule has 0 aromatic heterocycles. The summed E-state index contributed by atoms with van der Waals surface area (Å²) < 4.78 is 5.86. The predicted molar refractivity (Wildman–Crippen MR) is 91.8 cm³/mol. The molecule has 2 fully saturated rings. The average Bonchev–Trinajstić information content (AvgIpc) is 2.47. The quantitative estimate of drug-likeness (QED) is 0.870. The molecule has 3 rings (SSSR count). The van der Waals surface area contributed by atoms with E-state index in [1.165, 1.54) is 6.42 Å². The SMILES string of the molecule is CCO[C@H]1C[C@H](N(C)C(=O)c2cccc(NC(N)=O)c2)C12CCC2. The van der Waals surface area contributed by atoms with Crippen molar-refractivity contribution in [2.75, 3.05) is 19.0 Å².